The number of hydrogen-bond acceptors (Lipinski definition) is 5. The van der Waals surface area contributed by atoms with Crippen LogP contribution in [0, 0.1) is 0 Å². The summed E-state index contributed by atoms with van der Waals surface area (Å²) in [4.78, 5) is -1.38. The number of hydrogen-bond donors (Lipinski definition) is 1. The minimum absolute atomic E-state index is 0.296. The van der Waals surface area contributed by atoms with Gasteiger partial charge in [0.05, 0.1) is 12.0 Å². The van der Waals surface area contributed by atoms with Gasteiger partial charge < -0.3 is 4.74 Å². The zero-order valence-electron chi connectivity index (χ0n) is 8.05. The lowest BCUT2D eigenvalue weighted by Gasteiger charge is -2.06. The lowest BCUT2D eigenvalue weighted by Crippen LogP contribution is -2.13. The van der Waals surface area contributed by atoms with Crippen molar-refractivity contribution in [3.8, 4) is 5.75 Å². The van der Waals surface area contributed by atoms with Gasteiger partial charge in [-0.3, -0.25) is 0 Å². The van der Waals surface area contributed by atoms with E-state index in [1.165, 1.54) is 0 Å². The first-order valence-corrected chi connectivity index (χ1v) is 6.75. The molecule has 0 atom stereocenters. The third-order valence-electron chi connectivity index (χ3n) is 1.73. The fourth-order valence-electron chi connectivity index (χ4n) is 1.02. The van der Waals surface area contributed by atoms with Crippen LogP contribution in [0.4, 0.5) is 3.89 Å². The average molecular weight is 269 g/mol. The van der Waals surface area contributed by atoms with Crippen molar-refractivity contribution < 1.29 is 25.5 Å². The normalized spacial score (nSPS) is 12.4. The van der Waals surface area contributed by atoms with Crippen LogP contribution in [0.25, 0.3) is 0 Å². The minimum Gasteiger partial charge on any atom is -0.495 e. The Morgan fingerprint density at radius 2 is 1.81 bits per heavy atom. The fraction of sp³-hybridized carbons (Fsp3) is 0.143. The van der Waals surface area contributed by atoms with Crippen molar-refractivity contribution >= 4 is 20.2 Å². The van der Waals surface area contributed by atoms with Gasteiger partial charge >= 0.3 is 10.2 Å². The standard InChI is InChI=1S/C7H8FNO5S2/c1-14-6-3-2-5(16(9,12)13)4-7(6)15(8,10)11/h2-4H,1H3,(H2,9,12,13). The van der Waals surface area contributed by atoms with Gasteiger partial charge in [0.15, 0.2) is 0 Å². The van der Waals surface area contributed by atoms with Crippen LogP contribution >= 0.6 is 0 Å². The van der Waals surface area contributed by atoms with Gasteiger partial charge in [-0.15, -0.1) is 3.89 Å². The van der Waals surface area contributed by atoms with E-state index in [9.17, 15) is 20.7 Å². The summed E-state index contributed by atoms with van der Waals surface area (Å²) in [5, 5.41) is 4.77. The first kappa shape index (κ1) is 12.9. The zero-order chi connectivity index (χ0) is 12.6. The van der Waals surface area contributed by atoms with E-state index < -0.39 is 30.0 Å². The highest BCUT2D eigenvalue weighted by molar-refractivity contribution is 7.89. The molecule has 0 aliphatic heterocycles. The van der Waals surface area contributed by atoms with Crippen molar-refractivity contribution in [2.75, 3.05) is 7.11 Å². The minimum atomic E-state index is -5.07. The van der Waals surface area contributed by atoms with E-state index in [2.05, 4.69) is 4.74 Å². The first-order chi connectivity index (χ1) is 7.16. The Bertz CT molecular complexity index is 608. The smallest absolute Gasteiger partial charge is 0.335 e. The van der Waals surface area contributed by atoms with E-state index in [4.69, 9.17) is 5.14 Å². The molecule has 1 aromatic rings. The SMILES string of the molecule is COc1ccc(S(N)(=O)=O)cc1S(=O)(=O)F. The van der Waals surface area contributed by atoms with Crippen LogP contribution in [0.2, 0.25) is 0 Å². The maximum Gasteiger partial charge on any atom is 0.335 e. The molecule has 6 nitrogen and oxygen atoms in total. The van der Waals surface area contributed by atoms with Gasteiger partial charge in [-0.2, -0.15) is 8.42 Å². The topological polar surface area (TPSA) is 104 Å². The van der Waals surface area contributed by atoms with Gasteiger partial charge in [0.2, 0.25) is 10.0 Å². The quantitative estimate of drug-likeness (QED) is 0.778. The summed E-state index contributed by atoms with van der Waals surface area (Å²) in [5.41, 5.74) is 0. The molecule has 0 aliphatic rings. The Hall–Kier alpha value is -1.19. The van der Waals surface area contributed by atoms with Gasteiger partial charge in [-0.1, -0.05) is 0 Å². The van der Waals surface area contributed by atoms with Crippen LogP contribution in [-0.2, 0) is 20.2 Å². The summed E-state index contributed by atoms with van der Waals surface area (Å²) in [7, 11) is -8.04. The van der Waals surface area contributed by atoms with Crippen LogP contribution in [-0.4, -0.2) is 23.9 Å². The van der Waals surface area contributed by atoms with E-state index in [1.54, 1.807) is 0 Å². The molecule has 0 saturated carbocycles. The molecule has 0 saturated heterocycles. The van der Waals surface area contributed by atoms with Crippen molar-refractivity contribution in [3.63, 3.8) is 0 Å². The third kappa shape index (κ3) is 2.68. The number of nitrogens with two attached hydrogens (primary N) is 1. The molecule has 2 N–H and O–H groups in total. The van der Waals surface area contributed by atoms with Crippen LogP contribution in [0.5, 0.6) is 5.75 Å². The molecule has 0 aromatic heterocycles. The largest absolute Gasteiger partial charge is 0.495 e. The molecule has 0 fully saturated rings. The summed E-state index contributed by atoms with van der Waals surface area (Å²) in [5.74, 6) is -0.296. The Balaban J connectivity index is 3.58. The van der Waals surface area contributed by atoms with Crippen LogP contribution in [0.1, 0.15) is 0 Å². The number of sulfonamides is 1. The average Bonchev–Trinajstić information content (AvgIpc) is 2.14. The molecule has 0 heterocycles. The molecule has 1 rings (SSSR count). The maximum atomic E-state index is 12.8. The predicted molar refractivity (Wildman–Crippen MR) is 52.7 cm³/mol. The van der Waals surface area contributed by atoms with E-state index in [0.717, 1.165) is 19.2 Å². The Morgan fingerprint density at radius 3 is 2.19 bits per heavy atom. The van der Waals surface area contributed by atoms with Crippen LogP contribution in [0.15, 0.2) is 28.0 Å². The highest BCUT2D eigenvalue weighted by Gasteiger charge is 2.21. The summed E-state index contributed by atoms with van der Waals surface area (Å²) in [6.45, 7) is 0. The predicted octanol–water partition coefficient (Wildman–Crippen LogP) is 0.000800. The number of halogens is 1. The number of ether oxygens (including phenoxy) is 1. The summed E-state index contributed by atoms with van der Waals surface area (Å²) < 4.78 is 60.7. The van der Waals surface area contributed by atoms with E-state index in [0.29, 0.717) is 6.07 Å². The van der Waals surface area contributed by atoms with Crippen molar-refractivity contribution in [1.82, 2.24) is 0 Å². The summed E-state index contributed by atoms with van der Waals surface area (Å²) in [6.07, 6.45) is 0. The second kappa shape index (κ2) is 4.00. The zero-order valence-corrected chi connectivity index (χ0v) is 9.68. The molecular weight excluding hydrogens is 261 g/mol. The van der Waals surface area contributed by atoms with E-state index in [-0.39, 0.29) is 5.75 Å². The lowest BCUT2D eigenvalue weighted by molar-refractivity contribution is 0.400. The third-order valence-corrected chi connectivity index (χ3v) is 3.48. The Labute approximate surface area is 92.1 Å². The lowest BCUT2D eigenvalue weighted by atomic mass is 10.3. The molecule has 1 aromatic carbocycles. The number of benzene rings is 1. The number of rotatable bonds is 3. The van der Waals surface area contributed by atoms with Gasteiger partial charge in [0.25, 0.3) is 0 Å². The second-order valence-electron chi connectivity index (χ2n) is 2.80. The Morgan fingerprint density at radius 1 is 1.25 bits per heavy atom. The van der Waals surface area contributed by atoms with Crippen molar-refractivity contribution in [2.24, 2.45) is 5.14 Å². The second-order valence-corrected chi connectivity index (χ2v) is 5.67. The molecule has 0 aliphatic carbocycles. The van der Waals surface area contributed by atoms with Crippen molar-refractivity contribution in [1.29, 1.82) is 0 Å². The summed E-state index contributed by atoms with van der Waals surface area (Å²) >= 11 is 0. The molecule has 0 radical (unpaired) electrons. The van der Waals surface area contributed by atoms with Gasteiger partial charge in [-0.05, 0) is 18.2 Å². The van der Waals surface area contributed by atoms with E-state index >= 15 is 0 Å². The highest BCUT2D eigenvalue weighted by atomic mass is 32.3. The van der Waals surface area contributed by atoms with Crippen molar-refractivity contribution in [3.05, 3.63) is 18.2 Å². The number of primary sulfonamides is 1. The highest BCUT2D eigenvalue weighted by Crippen LogP contribution is 2.27. The molecule has 9 heteroatoms. The number of methoxy groups -OCH3 is 1. The van der Waals surface area contributed by atoms with Crippen molar-refractivity contribution in [2.45, 2.75) is 9.79 Å². The molecule has 16 heavy (non-hydrogen) atoms. The monoisotopic (exact) mass is 269 g/mol. The summed E-state index contributed by atoms with van der Waals surface area (Å²) in [6, 6.07) is 2.62. The van der Waals surface area contributed by atoms with Gasteiger partial charge in [-0.25, -0.2) is 13.6 Å². The molecule has 0 spiro atoms. The Kier molecular flexibility index (Phi) is 3.22. The molecular formula is C7H8FNO5S2. The fourth-order valence-corrected chi connectivity index (χ4v) is 2.30. The molecule has 90 valence electrons. The molecule has 0 amide bonds. The first-order valence-electron chi connectivity index (χ1n) is 3.82. The van der Waals surface area contributed by atoms with Gasteiger partial charge in [0, 0.05) is 0 Å². The van der Waals surface area contributed by atoms with Gasteiger partial charge in [0.1, 0.15) is 10.6 Å². The van der Waals surface area contributed by atoms with Crippen LogP contribution in [0.3, 0.4) is 0 Å². The molecule has 0 unspecified atom stereocenters. The maximum absolute atomic E-state index is 12.8. The van der Waals surface area contributed by atoms with E-state index in [1.807, 2.05) is 0 Å². The molecule has 0 bridgehead atoms. The van der Waals surface area contributed by atoms with Crippen LogP contribution < -0.4 is 9.88 Å².